The van der Waals surface area contributed by atoms with Gasteiger partial charge in [0.2, 0.25) is 5.91 Å². The number of amides is 1. The van der Waals surface area contributed by atoms with Crippen LogP contribution in [0.2, 0.25) is 0 Å². The van der Waals surface area contributed by atoms with Gasteiger partial charge in [-0.3, -0.25) is 9.59 Å². The molecule has 0 bridgehead atoms. The van der Waals surface area contributed by atoms with Crippen LogP contribution in [0.25, 0.3) is 0 Å². The van der Waals surface area contributed by atoms with Crippen LogP contribution in [-0.4, -0.2) is 47.4 Å². The van der Waals surface area contributed by atoms with Gasteiger partial charge in [0.05, 0.1) is 25.4 Å². The van der Waals surface area contributed by atoms with Crippen molar-refractivity contribution < 1.29 is 24.5 Å². The molecule has 72 heavy (non-hydrogen) atoms. The Morgan fingerprint density at radius 1 is 0.389 bits per heavy atom. The number of esters is 1. The van der Waals surface area contributed by atoms with Gasteiger partial charge in [-0.1, -0.05) is 288 Å². The maximum absolute atomic E-state index is 12.5. The molecular formula is C66H125NO5. The Morgan fingerprint density at radius 3 is 1.10 bits per heavy atom. The molecule has 0 saturated carbocycles. The van der Waals surface area contributed by atoms with Gasteiger partial charge in [-0.15, -0.1) is 0 Å². The summed E-state index contributed by atoms with van der Waals surface area (Å²) >= 11 is 0. The van der Waals surface area contributed by atoms with Crippen molar-refractivity contribution in [3.63, 3.8) is 0 Å². The quantitative estimate of drug-likeness (QED) is 0.0320. The number of hydrogen-bond donors (Lipinski definition) is 3. The second-order valence-corrected chi connectivity index (χ2v) is 22.1. The van der Waals surface area contributed by atoms with Crippen molar-refractivity contribution in [3.05, 3.63) is 36.5 Å². The molecule has 0 aliphatic carbocycles. The molecule has 0 heterocycles. The molecule has 0 radical (unpaired) electrons. The van der Waals surface area contributed by atoms with Gasteiger partial charge >= 0.3 is 5.97 Å². The van der Waals surface area contributed by atoms with E-state index in [1.165, 1.54) is 263 Å². The third-order valence-electron chi connectivity index (χ3n) is 14.9. The molecular weight excluding hydrogens is 887 g/mol. The highest BCUT2D eigenvalue weighted by atomic mass is 16.5. The van der Waals surface area contributed by atoms with Gasteiger partial charge in [0.1, 0.15) is 0 Å². The van der Waals surface area contributed by atoms with Crippen LogP contribution < -0.4 is 5.32 Å². The first-order valence-electron chi connectivity index (χ1n) is 32.2. The Hall–Kier alpha value is -1.92. The molecule has 0 aromatic carbocycles. The second-order valence-electron chi connectivity index (χ2n) is 22.1. The van der Waals surface area contributed by atoms with Crippen molar-refractivity contribution in [2.45, 2.75) is 360 Å². The summed E-state index contributed by atoms with van der Waals surface area (Å²) in [5.41, 5.74) is 0. The zero-order chi connectivity index (χ0) is 52.2. The van der Waals surface area contributed by atoms with Crippen LogP contribution in [0.5, 0.6) is 0 Å². The molecule has 0 aliphatic heterocycles. The molecule has 6 nitrogen and oxygen atoms in total. The Labute approximate surface area is 449 Å². The summed E-state index contributed by atoms with van der Waals surface area (Å²) in [6.45, 7) is 4.94. The van der Waals surface area contributed by atoms with Crippen LogP contribution in [0.4, 0.5) is 0 Å². The number of aliphatic hydroxyl groups is 2. The highest BCUT2D eigenvalue weighted by molar-refractivity contribution is 5.76. The van der Waals surface area contributed by atoms with Gasteiger partial charge in [0.15, 0.2) is 0 Å². The van der Waals surface area contributed by atoms with Crippen molar-refractivity contribution in [2.24, 2.45) is 0 Å². The van der Waals surface area contributed by atoms with Gasteiger partial charge in [-0.05, 0) is 83.5 Å². The standard InChI is InChI=1S/C66H125NO5/c1-3-5-7-9-11-13-15-17-30-34-38-42-46-50-54-58-64(69)63(62-68)67-65(70)59-55-51-47-43-39-35-32-28-26-24-22-20-19-21-23-25-27-29-33-37-41-45-49-53-57-61-72-66(71)60-56-52-48-44-40-36-31-18-16-14-12-10-8-6-4-2/h12,14,18,20,22,31,63-64,68-69H,3-11,13,15-17,19,21,23-30,32-62H2,1-2H3,(H,67,70)/b14-12-,22-20-,31-18-. The monoisotopic (exact) mass is 1010 g/mol. The van der Waals surface area contributed by atoms with Crippen LogP contribution in [-0.2, 0) is 14.3 Å². The van der Waals surface area contributed by atoms with Gasteiger partial charge in [0, 0.05) is 12.8 Å². The Morgan fingerprint density at radius 2 is 0.694 bits per heavy atom. The minimum Gasteiger partial charge on any atom is -0.466 e. The highest BCUT2D eigenvalue weighted by Crippen LogP contribution is 2.18. The lowest BCUT2D eigenvalue weighted by atomic mass is 10.0. The van der Waals surface area contributed by atoms with Crippen molar-refractivity contribution in [2.75, 3.05) is 13.2 Å². The Kier molecular flexibility index (Phi) is 60.0. The summed E-state index contributed by atoms with van der Waals surface area (Å²) in [4.78, 5) is 24.5. The summed E-state index contributed by atoms with van der Waals surface area (Å²) in [5, 5.41) is 23.3. The molecule has 2 atom stereocenters. The zero-order valence-electron chi connectivity index (χ0n) is 48.4. The van der Waals surface area contributed by atoms with E-state index in [4.69, 9.17) is 4.74 Å². The lowest BCUT2D eigenvalue weighted by Gasteiger charge is -2.22. The Balaban J connectivity index is 3.40. The molecule has 0 spiro atoms. The maximum Gasteiger partial charge on any atom is 0.305 e. The van der Waals surface area contributed by atoms with Gasteiger partial charge in [-0.2, -0.15) is 0 Å². The van der Waals surface area contributed by atoms with E-state index in [-0.39, 0.29) is 18.5 Å². The molecule has 6 heteroatoms. The second kappa shape index (κ2) is 61.6. The van der Waals surface area contributed by atoms with Crippen LogP contribution in [0.15, 0.2) is 36.5 Å². The molecule has 1 amide bonds. The first-order valence-corrected chi connectivity index (χ1v) is 32.2. The number of carbonyl (C=O) groups is 2. The lowest BCUT2D eigenvalue weighted by Crippen LogP contribution is -2.45. The van der Waals surface area contributed by atoms with E-state index in [1.54, 1.807) is 0 Å². The van der Waals surface area contributed by atoms with Crippen molar-refractivity contribution in [3.8, 4) is 0 Å². The van der Waals surface area contributed by atoms with E-state index < -0.39 is 12.1 Å². The largest absolute Gasteiger partial charge is 0.466 e. The minimum atomic E-state index is -0.666. The van der Waals surface area contributed by atoms with E-state index >= 15 is 0 Å². The van der Waals surface area contributed by atoms with E-state index in [0.717, 1.165) is 51.4 Å². The molecule has 3 N–H and O–H groups in total. The smallest absolute Gasteiger partial charge is 0.305 e. The summed E-state index contributed by atoms with van der Waals surface area (Å²) < 4.78 is 5.48. The third-order valence-corrected chi connectivity index (χ3v) is 14.9. The highest BCUT2D eigenvalue weighted by Gasteiger charge is 2.20. The number of rotatable bonds is 60. The van der Waals surface area contributed by atoms with E-state index in [2.05, 4.69) is 55.6 Å². The zero-order valence-corrected chi connectivity index (χ0v) is 48.4. The van der Waals surface area contributed by atoms with Crippen LogP contribution in [0.1, 0.15) is 348 Å². The molecule has 0 aromatic heterocycles. The number of ether oxygens (including phenoxy) is 1. The fraction of sp³-hybridized carbons (Fsp3) is 0.879. The predicted molar refractivity (Wildman–Crippen MR) is 315 cm³/mol. The van der Waals surface area contributed by atoms with Crippen LogP contribution in [0, 0.1) is 0 Å². The molecule has 0 saturated heterocycles. The van der Waals surface area contributed by atoms with E-state index in [9.17, 15) is 19.8 Å². The van der Waals surface area contributed by atoms with Crippen LogP contribution in [0.3, 0.4) is 0 Å². The van der Waals surface area contributed by atoms with Crippen molar-refractivity contribution >= 4 is 11.9 Å². The molecule has 0 fully saturated rings. The average Bonchev–Trinajstić information content (AvgIpc) is 3.38. The number of nitrogens with one attached hydrogen (secondary N) is 1. The minimum absolute atomic E-state index is 0.000420. The Bertz CT molecular complexity index is 1170. The molecule has 2 unspecified atom stereocenters. The number of hydrogen-bond acceptors (Lipinski definition) is 5. The first kappa shape index (κ1) is 70.1. The molecule has 0 rings (SSSR count). The average molecular weight is 1010 g/mol. The molecule has 0 aromatic rings. The normalized spacial score (nSPS) is 12.8. The molecule has 0 aliphatic rings. The summed E-state index contributed by atoms with van der Waals surface area (Å²) in [6, 6.07) is -0.544. The fourth-order valence-corrected chi connectivity index (χ4v) is 9.96. The summed E-state index contributed by atoms with van der Waals surface area (Å²) in [6.07, 6.45) is 77.3. The van der Waals surface area contributed by atoms with Gasteiger partial charge in [0.25, 0.3) is 0 Å². The van der Waals surface area contributed by atoms with Crippen molar-refractivity contribution in [1.82, 2.24) is 5.32 Å². The lowest BCUT2D eigenvalue weighted by molar-refractivity contribution is -0.143. The number of unbranched alkanes of at least 4 members (excludes halogenated alkanes) is 43. The predicted octanol–water partition coefficient (Wildman–Crippen LogP) is 20.4. The van der Waals surface area contributed by atoms with Crippen LogP contribution >= 0.6 is 0 Å². The van der Waals surface area contributed by atoms with Gasteiger partial charge in [-0.25, -0.2) is 0 Å². The first-order chi connectivity index (χ1) is 35.5. The number of carbonyl (C=O) groups excluding carboxylic acids is 2. The topological polar surface area (TPSA) is 95.9 Å². The van der Waals surface area contributed by atoms with Crippen molar-refractivity contribution in [1.29, 1.82) is 0 Å². The van der Waals surface area contributed by atoms with Gasteiger partial charge < -0.3 is 20.3 Å². The summed E-state index contributed by atoms with van der Waals surface area (Å²) in [5.74, 6) is -0.0369. The van der Waals surface area contributed by atoms with E-state index in [0.29, 0.717) is 25.9 Å². The third kappa shape index (κ3) is 57.4. The molecule has 424 valence electrons. The SMILES string of the molecule is CCCCC/C=C\C/C=C\CCCCCCCC(=O)OCCCCCCCCCCCCCC/C=C\CCCCCCCCCCCC(=O)NC(CO)C(O)CCCCCCCCCCCCCCCCC. The van der Waals surface area contributed by atoms with E-state index in [1.807, 2.05) is 0 Å². The fourth-order valence-electron chi connectivity index (χ4n) is 9.96. The number of allylic oxidation sites excluding steroid dienone is 6. The maximum atomic E-state index is 12.5. The number of aliphatic hydroxyl groups excluding tert-OH is 2. The summed E-state index contributed by atoms with van der Waals surface area (Å²) in [7, 11) is 0.